The summed E-state index contributed by atoms with van der Waals surface area (Å²) in [5.41, 5.74) is 1.53. The van der Waals surface area contributed by atoms with Crippen LogP contribution in [-0.4, -0.2) is 25.0 Å². The van der Waals surface area contributed by atoms with Gasteiger partial charge in [0, 0.05) is 12.2 Å². The predicted octanol–water partition coefficient (Wildman–Crippen LogP) is 7.43. The predicted molar refractivity (Wildman–Crippen MR) is 132 cm³/mol. The number of ether oxygens (including phenoxy) is 1. The molecule has 0 aliphatic rings. The molecule has 4 nitrogen and oxygen atoms in total. The van der Waals surface area contributed by atoms with E-state index < -0.39 is 5.97 Å². The van der Waals surface area contributed by atoms with E-state index in [4.69, 9.17) is 4.74 Å². The quantitative estimate of drug-likeness (QED) is 0.215. The summed E-state index contributed by atoms with van der Waals surface area (Å²) in [4.78, 5) is 27.5. The van der Waals surface area contributed by atoms with E-state index in [-0.39, 0.29) is 5.91 Å². The van der Waals surface area contributed by atoms with Gasteiger partial charge in [-0.2, -0.15) is 0 Å². The maximum atomic E-state index is 13.2. The molecule has 0 fully saturated rings. The molecule has 32 heavy (non-hydrogen) atoms. The monoisotopic (exact) mass is 437 g/mol. The van der Waals surface area contributed by atoms with Gasteiger partial charge in [0.15, 0.2) is 0 Å². The van der Waals surface area contributed by atoms with Gasteiger partial charge in [-0.05, 0) is 37.6 Å². The molecule has 0 aliphatic carbocycles. The molecule has 0 saturated heterocycles. The zero-order chi connectivity index (χ0) is 23.0. The number of rotatable bonds is 15. The topological polar surface area (TPSA) is 46.6 Å². The number of amides is 1. The third kappa shape index (κ3) is 8.49. The molecule has 0 unspecified atom stereocenters. The molecule has 0 saturated carbocycles. The second-order valence-electron chi connectivity index (χ2n) is 8.25. The number of unbranched alkanes of at least 4 members (excludes halogenated alkanes) is 9. The molecule has 2 aromatic rings. The van der Waals surface area contributed by atoms with Crippen LogP contribution in [0.2, 0.25) is 0 Å². The lowest BCUT2D eigenvalue weighted by Crippen LogP contribution is -2.32. The molecule has 2 rings (SSSR count). The average Bonchev–Trinajstić information content (AvgIpc) is 2.83. The molecule has 1 amide bonds. The highest BCUT2D eigenvalue weighted by Gasteiger charge is 2.22. The SMILES string of the molecule is CCCCCCCCCCCCOC(=O)c1ccccc1C(=O)N(CC)c1ccccc1. The number of para-hydroxylation sites is 1. The van der Waals surface area contributed by atoms with E-state index in [9.17, 15) is 9.59 Å². The van der Waals surface area contributed by atoms with Gasteiger partial charge in [-0.25, -0.2) is 4.79 Å². The van der Waals surface area contributed by atoms with Crippen molar-refractivity contribution in [1.82, 2.24) is 0 Å². The zero-order valence-electron chi connectivity index (χ0n) is 19.9. The molecule has 0 atom stereocenters. The van der Waals surface area contributed by atoms with E-state index in [0.717, 1.165) is 18.5 Å². The summed E-state index contributed by atoms with van der Waals surface area (Å²) in [7, 11) is 0. The van der Waals surface area contributed by atoms with Crippen LogP contribution in [0, 0.1) is 0 Å². The van der Waals surface area contributed by atoms with Crippen molar-refractivity contribution in [2.24, 2.45) is 0 Å². The number of carbonyl (C=O) groups excluding carboxylic acids is 2. The summed E-state index contributed by atoms with van der Waals surface area (Å²) in [5.74, 6) is -0.612. The lowest BCUT2D eigenvalue weighted by Gasteiger charge is -2.22. The number of benzene rings is 2. The van der Waals surface area contributed by atoms with E-state index >= 15 is 0 Å². The van der Waals surface area contributed by atoms with Crippen LogP contribution < -0.4 is 4.90 Å². The van der Waals surface area contributed by atoms with Gasteiger partial charge in [0.1, 0.15) is 0 Å². The number of carbonyl (C=O) groups is 2. The minimum absolute atomic E-state index is 0.190. The minimum Gasteiger partial charge on any atom is -0.462 e. The Hall–Kier alpha value is -2.62. The molecule has 4 heteroatoms. The maximum absolute atomic E-state index is 13.2. The number of hydrogen-bond donors (Lipinski definition) is 0. The van der Waals surface area contributed by atoms with Gasteiger partial charge >= 0.3 is 5.97 Å². The van der Waals surface area contributed by atoms with E-state index in [2.05, 4.69) is 6.92 Å². The Balaban J connectivity index is 1.79. The highest BCUT2D eigenvalue weighted by atomic mass is 16.5. The highest BCUT2D eigenvalue weighted by molar-refractivity contribution is 6.12. The van der Waals surface area contributed by atoms with Crippen LogP contribution in [0.25, 0.3) is 0 Å². The van der Waals surface area contributed by atoms with Gasteiger partial charge in [-0.1, -0.05) is 95.0 Å². The fourth-order valence-corrected chi connectivity index (χ4v) is 3.88. The Morgan fingerprint density at radius 1 is 0.688 bits per heavy atom. The number of esters is 1. The fraction of sp³-hybridized carbons (Fsp3) is 0.500. The number of anilines is 1. The molecule has 0 radical (unpaired) electrons. The lowest BCUT2D eigenvalue weighted by molar-refractivity contribution is 0.0494. The molecule has 0 aliphatic heterocycles. The number of hydrogen-bond acceptors (Lipinski definition) is 3. The second kappa shape index (κ2) is 15.2. The van der Waals surface area contributed by atoms with Crippen LogP contribution in [0.3, 0.4) is 0 Å². The largest absolute Gasteiger partial charge is 0.462 e. The Labute approximate surface area is 194 Å². The van der Waals surface area contributed by atoms with Crippen molar-refractivity contribution < 1.29 is 14.3 Å². The molecule has 0 spiro atoms. The highest BCUT2D eigenvalue weighted by Crippen LogP contribution is 2.20. The third-order valence-electron chi connectivity index (χ3n) is 5.74. The van der Waals surface area contributed by atoms with Gasteiger partial charge in [0.05, 0.1) is 17.7 Å². The van der Waals surface area contributed by atoms with Gasteiger partial charge in [-0.15, -0.1) is 0 Å². The second-order valence-corrected chi connectivity index (χ2v) is 8.25. The first-order valence-electron chi connectivity index (χ1n) is 12.3. The van der Waals surface area contributed by atoms with E-state index in [1.54, 1.807) is 29.2 Å². The smallest absolute Gasteiger partial charge is 0.338 e. The molecule has 174 valence electrons. The number of nitrogens with zero attached hydrogens (tertiary/aromatic N) is 1. The van der Waals surface area contributed by atoms with Gasteiger partial charge in [0.25, 0.3) is 5.91 Å². The van der Waals surface area contributed by atoms with Crippen molar-refractivity contribution >= 4 is 17.6 Å². The first kappa shape index (κ1) is 25.6. The molecule has 0 N–H and O–H groups in total. The summed E-state index contributed by atoms with van der Waals surface area (Å²) in [5, 5.41) is 0. The van der Waals surface area contributed by atoms with Crippen LogP contribution >= 0.6 is 0 Å². The van der Waals surface area contributed by atoms with Crippen molar-refractivity contribution in [2.75, 3.05) is 18.1 Å². The standard InChI is InChI=1S/C28H39NO3/c1-3-5-6-7-8-9-10-11-12-18-23-32-28(31)26-22-17-16-21-25(26)27(30)29(4-2)24-19-14-13-15-20-24/h13-17,19-22H,3-12,18,23H2,1-2H3. The molecule has 0 aromatic heterocycles. The van der Waals surface area contributed by atoms with Crippen LogP contribution in [-0.2, 0) is 4.74 Å². The van der Waals surface area contributed by atoms with Crippen molar-refractivity contribution in [3.05, 3.63) is 65.7 Å². The van der Waals surface area contributed by atoms with Crippen LogP contribution in [0.4, 0.5) is 5.69 Å². The Morgan fingerprint density at radius 3 is 1.81 bits per heavy atom. The summed E-state index contributed by atoms with van der Waals surface area (Å²) in [6, 6.07) is 16.4. The Bertz CT molecular complexity index is 803. The van der Waals surface area contributed by atoms with Crippen LogP contribution in [0.1, 0.15) is 98.8 Å². The Morgan fingerprint density at radius 2 is 1.22 bits per heavy atom. The van der Waals surface area contributed by atoms with Crippen molar-refractivity contribution in [2.45, 2.75) is 78.1 Å². The summed E-state index contributed by atoms with van der Waals surface area (Å²) in [6.45, 7) is 5.09. The first-order chi connectivity index (χ1) is 15.7. The minimum atomic E-state index is -0.422. The zero-order valence-corrected chi connectivity index (χ0v) is 19.9. The summed E-state index contributed by atoms with van der Waals surface area (Å²) < 4.78 is 5.50. The van der Waals surface area contributed by atoms with Gasteiger partial charge in [0.2, 0.25) is 0 Å². The third-order valence-corrected chi connectivity index (χ3v) is 5.74. The molecular formula is C28H39NO3. The van der Waals surface area contributed by atoms with Crippen LogP contribution in [0.5, 0.6) is 0 Å². The first-order valence-corrected chi connectivity index (χ1v) is 12.3. The van der Waals surface area contributed by atoms with E-state index in [0.29, 0.717) is 24.3 Å². The van der Waals surface area contributed by atoms with Crippen LogP contribution in [0.15, 0.2) is 54.6 Å². The van der Waals surface area contributed by atoms with E-state index in [1.807, 2.05) is 37.3 Å². The Kier molecular flexibility index (Phi) is 12.2. The molecule has 0 heterocycles. The molecular weight excluding hydrogens is 398 g/mol. The molecule has 0 bridgehead atoms. The van der Waals surface area contributed by atoms with Crippen molar-refractivity contribution in [1.29, 1.82) is 0 Å². The van der Waals surface area contributed by atoms with Gasteiger partial charge < -0.3 is 9.64 Å². The van der Waals surface area contributed by atoms with E-state index in [1.165, 1.54) is 51.4 Å². The van der Waals surface area contributed by atoms with Crippen molar-refractivity contribution in [3.63, 3.8) is 0 Å². The van der Waals surface area contributed by atoms with Gasteiger partial charge in [-0.3, -0.25) is 4.79 Å². The molecule has 2 aromatic carbocycles. The fourth-order valence-electron chi connectivity index (χ4n) is 3.88. The maximum Gasteiger partial charge on any atom is 0.338 e. The summed E-state index contributed by atoms with van der Waals surface area (Å²) >= 11 is 0. The normalized spacial score (nSPS) is 10.7. The van der Waals surface area contributed by atoms with Crippen molar-refractivity contribution in [3.8, 4) is 0 Å². The lowest BCUT2D eigenvalue weighted by atomic mass is 10.1. The summed E-state index contributed by atoms with van der Waals surface area (Å²) in [6.07, 6.45) is 12.4. The average molecular weight is 438 g/mol.